The fourth-order valence-electron chi connectivity index (χ4n) is 1.10. The minimum Gasteiger partial charge on any atom is -0.119 e. The van der Waals surface area contributed by atoms with Crippen molar-refractivity contribution >= 4 is 29.3 Å². The third kappa shape index (κ3) is 3.84. The third-order valence-corrected chi connectivity index (χ3v) is 1.98. The summed E-state index contributed by atoms with van der Waals surface area (Å²) in [4.78, 5) is 0. The summed E-state index contributed by atoms with van der Waals surface area (Å²) in [6, 6.07) is 5.93. The largest absolute Gasteiger partial charge is 0.119 e. The minimum atomic E-state index is 0.0549. The molecule has 0 amide bonds. The van der Waals surface area contributed by atoms with Crippen molar-refractivity contribution in [3.05, 3.63) is 40.4 Å². The molecule has 13 heavy (non-hydrogen) atoms. The lowest BCUT2D eigenvalue weighted by Gasteiger charge is -1.98. The van der Waals surface area contributed by atoms with Crippen LogP contribution in [0.2, 0.25) is 5.02 Å². The number of hydrogen-bond donors (Lipinski definition) is 0. The van der Waals surface area contributed by atoms with E-state index in [1.165, 1.54) is 0 Å². The van der Waals surface area contributed by atoms with Crippen molar-refractivity contribution in [2.24, 2.45) is 0 Å². The maximum absolute atomic E-state index is 5.90. The van der Waals surface area contributed by atoms with Crippen LogP contribution in [0.15, 0.2) is 24.3 Å². The number of allylic oxidation sites excluding steroid dienone is 1. The molecule has 0 spiro atoms. The summed E-state index contributed by atoms with van der Waals surface area (Å²) in [7, 11) is 0. The first-order valence-corrected chi connectivity index (χ1v) is 4.99. The normalized spacial score (nSPS) is 13.5. The van der Waals surface area contributed by atoms with Crippen LogP contribution in [-0.2, 0) is 0 Å². The maximum Gasteiger partial charge on any atom is 0.0491 e. The van der Waals surface area contributed by atoms with Gasteiger partial charge in [0, 0.05) is 10.4 Å². The molecule has 1 atom stereocenters. The first-order valence-electron chi connectivity index (χ1n) is 4.17. The Kier molecular flexibility index (Phi) is 3.83. The number of hydrogen-bond acceptors (Lipinski definition) is 0. The van der Waals surface area contributed by atoms with E-state index in [0.29, 0.717) is 0 Å². The molecule has 70 valence electrons. The average Bonchev–Trinajstić information content (AvgIpc) is 1.99. The zero-order chi connectivity index (χ0) is 9.84. The second kappa shape index (κ2) is 4.69. The van der Waals surface area contributed by atoms with E-state index in [1.807, 2.05) is 38.1 Å². The Bertz CT molecular complexity index is 294. The molecule has 0 fully saturated rings. The fourth-order valence-corrected chi connectivity index (χ4v) is 1.48. The van der Waals surface area contributed by atoms with Gasteiger partial charge in [-0.25, -0.2) is 0 Å². The molecule has 0 aromatic heterocycles. The molecule has 0 aliphatic heterocycles. The van der Waals surface area contributed by atoms with Crippen molar-refractivity contribution < 1.29 is 0 Å². The van der Waals surface area contributed by atoms with E-state index in [1.54, 1.807) is 0 Å². The monoisotopic (exact) mass is 214 g/mol. The lowest BCUT2D eigenvalue weighted by molar-refractivity contribution is 1.24. The van der Waals surface area contributed by atoms with Crippen molar-refractivity contribution in [2.75, 3.05) is 0 Å². The van der Waals surface area contributed by atoms with Gasteiger partial charge in [0.1, 0.15) is 0 Å². The van der Waals surface area contributed by atoms with Crippen LogP contribution in [0, 0.1) is 6.92 Å². The second-order valence-electron chi connectivity index (χ2n) is 3.10. The summed E-state index contributed by atoms with van der Waals surface area (Å²) in [5.74, 6) is 0. The van der Waals surface area contributed by atoms with Gasteiger partial charge in [-0.3, -0.25) is 0 Å². The van der Waals surface area contributed by atoms with Gasteiger partial charge in [-0.2, -0.15) is 0 Å². The van der Waals surface area contributed by atoms with Crippen LogP contribution in [0.1, 0.15) is 18.1 Å². The second-order valence-corrected chi connectivity index (χ2v) is 4.22. The first-order chi connectivity index (χ1) is 6.08. The number of rotatable bonds is 2. The molecule has 0 aliphatic carbocycles. The number of benzene rings is 1. The number of alkyl halides is 1. The Morgan fingerprint density at radius 2 is 2.00 bits per heavy atom. The molecule has 0 bridgehead atoms. The average molecular weight is 215 g/mol. The standard InChI is InChI=1S/C11H12Cl2/c1-8-5-10(4-3-9(2)12)7-11(13)6-8/h3-7,9H,1-2H3/b4-3+. The van der Waals surface area contributed by atoms with Crippen LogP contribution in [0.25, 0.3) is 6.08 Å². The van der Waals surface area contributed by atoms with Gasteiger partial charge in [0.05, 0.1) is 0 Å². The van der Waals surface area contributed by atoms with Crippen molar-refractivity contribution in [1.82, 2.24) is 0 Å². The van der Waals surface area contributed by atoms with Crippen LogP contribution in [0.4, 0.5) is 0 Å². The Hall–Kier alpha value is -0.460. The Morgan fingerprint density at radius 1 is 1.31 bits per heavy atom. The van der Waals surface area contributed by atoms with Gasteiger partial charge in [0.15, 0.2) is 0 Å². The molecule has 0 aliphatic rings. The molecule has 1 unspecified atom stereocenters. The summed E-state index contributed by atoms with van der Waals surface area (Å²) in [6.45, 7) is 3.95. The van der Waals surface area contributed by atoms with Gasteiger partial charge in [-0.15, -0.1) is 11.6 Å². The summed E-state index contributed by atoms with van der Waals surface area (Å²) in [5.41, 5.74) is 2.26. The molecule has 1 rings (SSSR count). The molecule has 0 N–H and O–H groups in total. The van der Waals surface area contributed by atoms with Gasteiger partial charge in [0.2, 0.25) is 0 Å². The third-order valence-electron chi connectivity index (χ3n) is 1.62. The van der Waals surface area contributed by atoms with Crippen LogP contribution in [0.3, 0.4) is 0 Å². The molecule has 1 aromatic carbocycles. The highest BCUT2D eigenvalue weighted by molar-refractivity contribution is 6.30. The Balaban J connectivity index is 2.89. The van der Waals surface area contributed by atoms with Gasteiger partial charge in [-0.05, 0) is 37.1 Å². The van der Waals surface area contributed by atoms with E-state index in [0.717, 1.165) is 16.1 Å². The number of aryl methyl sites for hydroxylation is 1. The number of halogens is 2. The fraction of sp³-hybridized carbons (Fsp3) is 0.273. The molecule has 0 saturated carbocycles. The lowest BCUT2D eigenvalue weighted by Crippen LogP contribution is -1.82. The van der Waals surface area contributed by atoms with E-state index in [-0.39, 0.29) is 5.38 Å². The highest BCUT2D eigenvalue weighted by Crippen LogP contribution is 2.16. The molecule has 2 heteroatoms. The molecule has 0 saturated heterocycles. The van der Waals surface area contributed by atoms with E-state index in [2.05, 4.69) is 6.07 Å². The van der Waals surface area contributed by atoms with Crippen molar-refractivity contribution in [2.45, 2.75) is 19.2 Å². The van der Waals surface area contributed by atoms with Crippen LogP contribution >= 0.6 is 23.2 Å². The zero-order valence-electron chi connectivity index (χ0n) is 7.72. The molecule has 1 aromatic rings. The lowest BCUT2D eigenvalue weighted by atomic mass is 10.1. The summed E-state index contributed by atoms with van der Waals surface area (Å²) in [5, 5.41) is 0.821. The predicted octanol–water partition coefficient (Wildman–Crippen LogP) is 4.29. The topological polar surface area (TPSA) is 0 Å². The Morgan fingerprint density at radius 3 is 2.54 bits per heavy atom. The summed E-state index contributed by atoms with van der Waals surface area (Å²) in [6.07, 6.45) is 3.92. The molecule has 0 nitrogen and oxygen atoms in total. The molecule has 0 heterocycles. The van der Waals surface area contributed by atoms with Crippen LogP contribution in [0.5, 0.6) is 0 Å². The van der Waals surface area contributed by atoms with E-state index >= 15 is 0 Å². The maximum atomic E-state index is 5.90. The minimum absolute atomic E-state index is 0.0549. The van der Waals surface area contributed by atoms with Crippen molar-refractivity contribution in [1.29, 1.82) is 0 Å². The predicted molar refractivity (Wildman–Crippen MR) is 60.5 cm³/mol. The first kappa shape index (κ1) is 10.6. The van der Waals surface area contributed by atoms with E-state index in [9.17, 15) is 0 Å². The summed E-state index contributed by atoms with van der Waals surface area (Å²) >= 11 is 11.7. The Labute approximate surface area is 89.2 Å². The SMILES string of the molecule is Cc1cc(Cl)cc(/C=C/C(C)Cl)c1. The van der Waals surface area contributed by atoms with E-state index in [4.69, 9.17) is 23.2 Å². The highest BCUT2D eigenvalue weighted by atomic mass is 35.5. The van der Waals surface area contributed by atoms with Crippen LogP contribution < -0.4 is 0 Å². The zero-order valence-corrected chi connectivity index (χ0v) is 9.23. The van der Waals surface area contributed by atoms with Crippen molar-refractivity contribution in [3.8, 4) is 0 Å². The van der Waals surface area contributed by atoms with Gasteiger partial charge in [0.25, 0.3) is 0 Å². The van der Waals surface area contributed by atoms with Crippen molar-refractivity contribution in [3.63, 3.8) is 0 Å². The van der Waals surface area contributed by atoms with Gasteiger partial charge in [-0.1, -0.05) is 29.8 Å². The van der Waals surface area contributed by atoms with Gasteiger partial charge >= 0.3 is 0 Å². The highest BCUT2D eigenvalue weighted by Gasteiger charge is 1.93. The molecular weight excluding hydrogens is 203 g/mol. The smallest absolute Gasteiger partial charge is 0.0491 e. The quantitative estimate of drug-likeness (QED) is 0.645. The van der Waals surface area contributed by atoms with E-state index < -0.39 is 0 Å². The van der Waals surface area contributed by atoms with Crippen LogP contribution in [-0.4, -0.2) is 5.38 Å². The molecule has 0 radical (unpaired) electrons. The van der Waals surface area contributed by atoms with Gasteiger partial charge < -0.3 is 0 Å². The molecular formula is C11H12Cl2. The summed E-state index contributed by atoms with van der Waals surface area (Å²) < 4.78 is 0.